The molecule has 0 spiro atoms. The van der Waals surface area contributed by atoms with Gasteiger partial charge in [0.2, 0.25) is 5.91 Å². The van der Waals surface area contributed by atoms with Gasteiger partial charge in [-0.3, -0.25) is 4.79 Å². The largest absolute Gasteiger partial charge is 0.353 e. The summed E-state index contributed by atoms with van der Waals surface area (Å²) in [6.07, 6.45) is 2.01. The van der Waals surface area contributed by atoms with Crippen LogP contribution in [0.5, 0.6) is 0 Å². The van der Waals surface area contributed by atoms with E-state index in [0.717, 1.165) is 11.3 Å². The van der Waals surface area contributed by atoms with Crippen LogP contribution in [0.2, 0.25) is 0 Å². The first-order valence-corrected chi connectivity index (χ1v) is 7.71. The first kappa shape index (κ1) is 16.3. The Morgan fingerprint density at radius 1 is 1.14 bits per heavy atom. The maximum atomic E-state index is 12.5. The molecule has 22 heavy (non-hydrogen) atoms. The molecule has 4 nitrogen and oxygen atoms in total. The zero-order valence-corrected chi connectivity index (χ0v) is 13.6. The van der Waals surface area contributed by atoms with Gasteiger partial charge in [-0.15, -0.1) is 0 Å². The minimum atomic E-state index is 0.124. The zero-order valence-electron chi connectivity index (χ0n) is 13.6. The number of aromatic nitrogens is 1. The quantitative estimate of drug-likeness (QED) is 0.853. The van der Waals surface area contributed by atoms with Crippen LogP contribution in [0.4, 0.5) is 0 Å². The van der Waals surface area contributed by atoms with Crippen molar-refractivity contribution in [1.29, 1.82) is 0 Å². The number of amides is 1. The van der Waals surface area contributed by atoms with Crippen molar-refractivity contribution in [2.75, 3.05) is 6.54 Å². The Hall–Kier alpha value is -2.07. The summed E-state index contributed by atoms with van der Waals surface area (Å²) in [7, 11) is 2.01. The lowest BCUT2D eigenvalue weighted by molar-refractivity contribution is -0.131. The van der Waals surface area contributed by atoms with E-state index in [1.165, 1.54) is 0 Å². The van der Waals surface area contributed by atoms with Crippen molar-refractivity contribution in [2.45, 2.75) is 33.0 Å². The van der Waals surface area contributed by atoms with Crippen LogP contribution in [-0.2, 0) is 24.9 Å². The topological polar surface area (TPSA) is 37.3 Å². The van der Waals surface area contributed by atoms with E-state index in [9.17, 15) is 4.79 Å². The van der Waals surface area contributed by atoms with Crippen LogP contribution in [0, 0.1) is 0 Å². The monoisotopic (exact) mass is 299 g/mol. The molecule has 0 saturated carbocycles. The number of carbonyl (C=O) groups excluding carboxylic acids is 1. The minimum absolute atomic E-state index is 0.124. The van der Waals surface area contributed by atoms with Gasteiger partial charge in [0.1, 0.15) is 0 Å². The van der Waals surface area contributed by atoms with E-state index in [1.54, 1.807) is 0 Å². The van der Waals surface area contributed by atoms with Gasteiger partial charge in [0.15, 0.2) is 0 Å². The van der Waals surface area contributed by atoms with E-state index in [-0.39, 0.29) is 5.91 Å². The van der Waals surface area contributed by atoms with Crippen molar-refractivity contribution in [3.63, 3.8) is 0 Å². The molecule has 2 aromatic rings. The van der Waals surface area contributed by atoms with Crippen molar-refractivity contribution in [3.8, 4) is 0 Å². The number of nitrogens with one attached hydrogen (secondary N) is 1. The molecule has 0 saturated heterocycles. The standard InChI is InChI=1S/C18H25N3O/c1-15(2)19-12-18(22)21(13-16-8-5-4-6-9-16)14-17-10-7-11-20(17)3/h4-11,15,19H,12-14H2,1-3H3. The van der Waals surface area contributed by atoms with Crippen molar-refractivity contribution >= 4 is 5.91 Å². The van der Waals surface area contributed by atoms with Gasteiger partial charge >= 0.3 is 0 Å². The van der Waals surface area contributed by atoms with Crippen LogP contribution in [0.1, 0.15) is 25.1 Å². The van der Waals surface area contributed by atoms with Crippen LogP contribution in [0.25, 0.3) is 0 Å². The smallest absolute Gasteiger partial charge is 0.237 e. The second-order valence-corrected chi connectivity index (χ2v) is 5.88. The fourth-order valence-corrected chi connectivity index (χ4v) is 2.30. The number of carbonyl (C=O) groups is 1. The van der Waals surface area contributed by atoms with Crippen LogP contribution < -0.4 is 5.32 Å². The summed E-state index contributed by atoms with van der Waals surface area (Å²) in [6.45, 7) is 5.72. The Balaban J connectivity index is 2.09. The third-order valence-corrected chi connectivity index (χ3v) is 3.63. The molecule has 0 aliphatic heterocycles. The molecule has 4 heteroatoms. The van der Waals surface area contributed by atoms with Crippen molar-refractivity contribution < 1.29 is 4.79 Å². The maximum Gasteiger partial charge on any atom is 0.237 e. The molecule has 0 fully saturated rings. The Bertz CT molecular complexity index is 589. The van der Waals surface area contributed by atoms with Crippen LogP contribution in [-0.4, -0.2) is 28.0 Å². The molecule has 1 heterocycles. The summed E-state index contributed by atoms with van der Waals surface area (Å²) in [4.78, 5) is 14.4. The van der Waals surface area contributed by atoms with Gasteiger partial charge in [-0.25, -0.2) is 0 Å². The Kier molecular flexibility index (Phi) is 5.78. The first-order valence-electron chi connectivity index (χ1n) is 7.71. The zero-order chi connectivity index (χ0) is 15.9. The number of hydrogen-bond acceptors (Lipinski definition) is 2. The molecular weight excluding hydrogens is 274 g/mol. The van der Waals surface area contributed by atoms with Gasteiger partial charge in [-0.2, -0.15) is 0 Å². The lowest BCUT2D eigenvalue weighted by Crippen LogP contribution is -2.39. The molecule has 0 aliphatic carbocycles. The summed E-state index contributed by atoms with van der Waals surface area (Å²) in [5.74, 6) is 0.124. The molecular formula is C18H25N3O. The number of nitrogens with zero attached hydrogens (tertiary/aromatic N) is 2. The molecule has 1 N–H and O–H groups in total. The highest BCUT2D eigenvalue weighted by Gasteiger charge is 2.15. The normalized spacial score (nSPS) is 10.9. The highest BCUT2D eigenvalue weighted by atomic mass is 16.2. The lowest BCUT2D eigenvalue weighted by Gasteiger charge is -2.24. The van der Waals surface area contributed by atoms with E-state index < -0.39 is 0 Å². The van der Waals surface area contributed by atoms with Crippen LogP contribution in [0.3, 0.4) is 0 Å². The number of benzene rings is 1. The predicted molar refractivity (Wildman–Crippen MR) is 89.2 cm³/mol. The van der Waals surface area contributed by atoms with E-state index in [1.807, 2.05) is 56.3 Å². The lowest BCUT2D eigenvalue weighted by atomic mass is 10.2. The first-order chi connectivity index (χ1) is 10.6. The Morgan fingerprint density at radius 3 is 2.45 bits per heavy atom. The fraction of sp³-hybridized carbons (Fsp3) is 0.389. The molecule has 2 rings (SSSR count). The minimum Gasteiger partial charge on any atom is -0.353 e. The average Bonchev–Trinajstić information content (AvgIpc) is 2.90. The second-order valence-electron chi connectivity index (χ2n) is 5.88. The molecule has 1 aromatic carbocycles. The van der Waals surface area contributed by atoms with Gasteiger partial charge in [0, 0.05) is 31.5 Å². The second kappa shape index (κ2) is 7.80. The van der Waals surface area contributed by atoms with Crippen LogP contribution in [0.15, 0.2) is 48.7 Å². The van der Waals surface area contributed by atoms with Gasteiger partial charge < -0.3 is 14.8 Å². The molecule has 0 atom stereocenters. The highest BCUT2D eigenvalue weighted by molar-refractivity contribution is 5.78. The number of hydrogen-bond donors (Lipinski definition) is 1. The highest BCUT2D eigenvalue weighted by Crippen LogP contribution is 2.10. The van der Waals surface area contributed by atoms with Gasteiger partial charge in [0.25, 0.3) is 0 Å². The van der Waals surface area contributed by atoms with Gasteiger partial charge in [-0.1, -0.05) is 44.2 Å². The van der Waals surface area contributed by atoms with Crippen molar-refractivity contribution in [1.82, 2.24) is 14.8 Å². The molecule has 0 unspecified atom stereocenters. The van der Waals surface area contributed by atoms with E-state index in [4.69, 9.17) is 0 Å². The molecule has 0 aliphatic rings. The van der Waals surface area contributed by atoms with Gasteiger partial charge in [-0.05, 0) is 17.7 Å². The summed E-state index contributed by atoms with van der Waals surface area (Å²) >= 11 is 0. The SMILES string of the molecule is CC(C)NCC(=O)N(Cc1ccccc1)Cc1cccn1C. The average molecular weight is 299 g/mol. The molecule has 118 valence electrons. The molecule has 1 amide bonds. The summed E-state index contributed by atoms with van der Waals surface area (Å²) in [5.41, 5.74) is 2.28. The van der Waals surface area contributed by atoms with E-state index >= 15 is 0 Å². The van der Waals surface area contributed by atoms with E-state index in [2.05, 4.69) is 28.1 Å². The van der Waals surface area contributed by atoms with Crippen LogP contribution >= 0.6 is 0 Å². The maximum absolute atomic E-state index is 12.5. The van der Waals surface area contributed by atoms with E-state index in [0.29, 0.717) is 25.7 Å². The molecule has 1 aromatic heterocycles. The predicted octanol–water partition coefficient (Wildman–Crippen LogP) is 2.55. The fourth-order valence-electron chi connectivity index (χ4n) is 2.30. The Morgan fingerprint density at radius 2 is 1.86 bits per heavy atom. The third kappa shape index (κ3) is 4.74. The summed E-state index contributed by atoms with van der Waals surface area (Å²) < 4.78 is 2.06. The number of aryl methyl sites for hydroxylation is 1. The van der Waals surface area contributed by atoms with Crippen molar-refractivity contribution in [3.05, 3.63) is 59.9 Å². The molecule has 0 bridgehead atoms. The number of rotatable bonds is 7. The van der Waals surface area contributed by atoms with Gasteiger partial charge in [0.05, 0.1) is 13.1 Å². The van der Waals surface area contributed by atoms with Crippen molar-refractivity contribution in [2.24, 2.45) is 7.05 Å². The Labute approximate surface area is 132 Å². The third-order valence-electron chi connectivity index (χ3n) is 3.63. The molecule has 0 radical (unpaired) electrons. The summed E-state index contributed by atoms with van der Waals surface area (Å²) in [6, 6.07) is 14.5. The summed E-state index contributed by atoms with van der Waals surface area (Å²) in [5, 5.41) is 3.21.